The quantitative estimate of drug-likeness (QED) is 0.664. The second kappa shape index (κ2) is 4.46. The number of rotatable bonds is 4. The topological polar surface area (TPSA) is 18.5 Å². The van der Waals surface area contributed by atoms with Crippen LogP contribution >= 0.6 is 0 Å². The zero-order chi connectivity index (χ0) is 11.7. The summed E-state index contributed by atoms with van der Waals surface area (Å²) in [6, 6.07) is 0. The van der Waals surface area contributed by atoms with Gasteiger partial charge in [0.05, 0.1) is 11.2 Å². The smallest absolute Gasteiger partial charge is 0.403 e. The third kappa shape index (κ3) is 2.76. The second-order valence-corrected chi connectivity index (χ2v) is 5.60. The van der Waals surface area contributed by atoms with E-state index in [0.717, 1.165) is 12.2 Å². The van der Waals surface area contributed by atoms with Gasteiger partial charge >= 0.3 is 7.12 Å². The van der Waals surface area contributed by atoms with Crippen molar-refractivity contribution in [3.05, 3.63) is 0 Å². The van der Waals surface area contributed by atoms with Gasteiger partial charge in [-0.05, 0) is 39.9 Å². The van der Waals surface area contributed by atoms with Crippen molar-refractivity contribution in [3.63, 3.8) is 0 Å². The van der Waals surface area contributed by atoms with Crippen molar-refractivity contribution in [3.8, 4) is 0 Å². The molecule has 1 fully saturated rings. The van der Waals surface area contributed by atoms with E-state index in [1.165, 1.54) is 12.8 Å². The summed E-state index contributed by atoms with van der Waals surface area (Å²) in [6.07, 6.45) is 3.45. The summed E-state index contributed by atoms with van der Waals surface area (Å²) in [7, 11) is -0.0140. The molecule has 0 aromatic carbocycles. The van der Waals surface area contributed by atoms with Crippen molar-refractivity contribution < 1.29 is 9.31 Å². The molecule has 1 aliphatic rings. The first-order valence-electron chi connectivity index (χ1n) is 6.18. The highest BCUT2D eigenvalue weighted by molar-refractivity contribution is 6.45. The van der Waals surface area contributed by atoms with Crippen LogP contribution in [0.4, 0.5) is 0 Å². The van der Waals surface area contributed by atoms with Crippen molar-refractivity contribution in [1.82, 2.24) is 0 Å². The van der Waals surface area contributed by atoms with Crippen LogP contribution in [0.2, 0.25) is 6.32 Å². The van der Waals surface area contributed by atoms with Crippen LogP contribution in [0.5, 0.6) is 0 Å². The Hall–Kier alpha value is -0.0151. The maximum Gasteiger partial charge on any atom is 0.458 e. The van der Waals surface area contributed by atoms with E-state index in [-0.39, 0.29) is 18.3 Å². The van der Waals surface area contributed by atoms with E-state index in [0.29, 0.717) is 0 Å². The third-order valence-electron chi connectivity index (χ3n) is 3.98. The Kier molecular flexibility index (Phi) is 3.88. The van der Waals surface area contributed by atoms with Crippen LogP contribution in [-0.2, 0) is 9.31 Å². The molecule has 88 valence electrons. The van der Waals surface area contributed by atoms with Gasteiger partial charge in [-0.25, -0.2) is 0 Å². The van der Waals surface area contributed by atoms with Crippen molar-refractivity contribution >= 4 is 7.12 Å². The maximum atomic E-state index is 5.98. The van der Waals surface area contributed by atoms with Crippen molar-refractivity contribution in [2.24, 2.45) is 5.92 Å². The Morgan fingerprint density at radius 1 is 0.933 bits per heavy atom. The lowest BCUT2D eigenvalue weighted by molar-refractivity contribution is 0.00578. The normalized spacial score (nSPS) is 23.8. The third-order valence-corrected chi connectivity index (χ3v) is 3.98. The molecule has 1 heterocycles. The van der Waals surface area contributed by atoms with Crippen molar-refractivity contribution in [1.29, 1.82) is 0 Å². The molecule has 0 spiro atoms. The standard InChI is InChI=1S/C12H25BO2/c1-7-10(8-2)9-13-14-11(3,4)12(5,6)15-13/h10H,7-9H2,1-6H3. The molecule has 1 rings (SSSR count). The van der Waals surface area contributed by atoms with Gasteiger partial charge in [0.2, 0.25) is 0 Å². The average Bonchev–Trinajstić information content (AvgIpc) is 2.31. The lowest BCUT2D eigenvalue weighted by atomic mass is 9.75. The number of hydrogen-bond acceptors (Lipinski definition) is 2. The molecule has 0 atom stereocenters. The first-order chi connectivity index (χ1) is 6.82. The summed E-state index contributed by atoms with van der Waals surface area (Å²) in [5.41, 5.74) is -0.354. The largest absolute Gasteiger partial charge is 0.458 e. The Bertz CT molecular complexity index is 194. The van der Waals surface area contributed by atoms with Crippen LogP contribution in [-0.4, -0.2) is 18.3 Å². The summed E-state index contributed by atoms with van der Waals surface area (Å²) in [4.78, 5) is 0. The molecule has 1 saturated heterocycles. The Balaban J connectivity index is 2.55. The molecule has 0 aromatic heterocycles. The predicted molar refractivity (Wildman–Crippen MR) is 65.0 cm³/mol. The summed E-state index contributed by atoms with van der Waals surface area (Å²) in [6.45, 7) is 12.9. The van der Waals surface area contributed by atoms with Gasteiger partial charge in [0.1, 0.15) is 0 Å². The fourth-order valence-electron chi connectivity index (χ4n) is 1.96. The Labute approximate surface area is 94.9 Å². The van der Waals surface area contributed by atoms with Crippen LogP contribution in [0.15, 0.2) is 0 Å². The minimum atomic E-state index is -0.177. The van der Waals surface area contributed by atoms with Gasteiger partial charge in [-0.3, -0.25) is 0 Å². The molecule has 0 saturated carbocycles. The van der Waals surface area contributed by atoms with E-state index < -0.39 is 0 Å². The van der Waals surface area contributed by atoms with E-state index in [2.05, 4.69) is 41.5 Å². The second-order valence-electron chi connectivity index (χ2n) is 5.60. The van der Waals surface area contributed by atoms with Gasteiger partial charge in [0, 0.05) is 0 Å². The van der Waals surface area contributed by atoms with Crippen molar-refractivity contribution in [2.45, 2.75) is 71.9 Å². The molecular formula is C12H25BO2. The Morgan fingerprint density at radius 3 is 1.67 bits per heavy atom. The first-order valence-corrected chi connectivity index (χ1v) is 6.18. The van der Waals surface area contributed by atoms with Gasteiger partial charge < -0.3 is 9.31 Å². The van der Waals surface area contributed by atoms with Gasteiger partial charge in [0.25, 0.3) is 0 Å². The maximum absolute atomic E-state index is 5.98. The molecular weight excluding hydrogens is 187 g/mol. The monoisotopic (exact) mass is 212 g/mol. The molecule has 15 heavy (non-hydrogen) atoms. The molecule has 0 N–H and O–H groups in total. The predicted octanol–water partition coefficient (Wildman–Crippen LogP) is 3.51. The van der Waals surface area contributed by atoms with Gasteiger partial charge in [-0.1, -0.05) is 26.7 Å². The molecule has 2 nitrogen and oxygen atoms in total. The highest BCUT2D eigenvalue weighted by Gasteiger charge is 2.50. The SMILES string of the molecule is CCC(CC)CB1OC(C)(C)C(C)(C)O1. The van der Waals surface area contributed by atoms with E-state index in [9.17, 15) is 0 Å². The molecule has 0 bridgehead atoms. The Morgan fingerprint density at radius 2 is 1.33 bits per heavy atom. The minimum absolute atomic E-state index is 0.0140. The van der Waals surface area contributed by atoms with Crippen molar-refractivity contribution in [2.75, 3.05) is 0 Å². The molecule has 3 heteroatoms. The molecule has 0 radical (unpaired) electrons. The highest BCUT2D eigenvalue weighted by Crippen LogP contribution is 2.38. The molecule has 0 unspecified atom stereocenters. The number of hydrogen-bond donors (Lipinski definition) is 0. The molecule has 0 amide bonds. The van der Waals surface area contributed by atoms with E-state index in [1.807, 2.05) is 0 Å². The molecule has 0 aliphatic carbocycles. The van der Waals surface area contributed by atoms with Crippen LogP contribution in [0.25, 0.3) is 0 Å². The zero-order valence-electron chi connectivity index (χ0n) is 11.1. The fraction of sp³-hybridized carbons (Fsp3) is 1.00. The van der Waals surface area contributed by atoms with Crippen LogP contribution < -0.4 is 0 Å². The van der Waals surface area contributed by atoms with Crippen LogP contribution in [0.1, 0.15) is 54.4 Å². The van der Waals surface area contributed by atoms with Crippen LogP contribution in [0.3, 0.4) is 0 Å². The van der Waals surface area contributed by atoms with Crippen LogP contribution in [0, 0.1) is 5.92 Å². The average molecular weight is 212 g/mol. The van der Waals surface area contributed by atoms with Gasteiger partial charge in [-0.2, -0.15) is 0 Å². The molecule has 1 aliphatic heterocycles. The summed E-state index contributed by atoms with van der Waals surface area (Å²) in [5, 5.41) is 0. The summed E-state index contributed by atoms with van der Waals surface area (Å²) < 4.78 is 12.0. The van der Waals surface area contributed by atoms with Gasteiger partial charge in [-0.15, -0.1) is 0 Å². The van der Waals surface area contributed by atoms with Gasteiger partial charge in [0.15, 0.2) is 0 Å². The fourth-order valence-corrected chi connectivity index (χ4v) is 1.96. The lowest BCUT2D eigenvalue weighted by Gasteiger charge is -2.32. The highest BCUT2D eigenvalue weighted by atomic mass is 16.7. The zero-order valence-corrected chi connectivity index (χ0v) is 11.1. The summed E-state index contributed by atoms with van der Waals surface area (Å²) >= 11 is 0. The van der Waals surface area contributed by atoms with E-state index in [1.54, 1.807) is 0 Å². The first kappa shape index (κ1) is 13.1. The van der Waals surface area contributed by atoms with E-state index >= 15 is 0 Å². The van der Waals surface area contributed by atoms with E-state index in [4.69, 9.17) is 9.31 Å². The minimum Gasteiger partial charge on any atom is -0.403 e. The molecule has 0 aromatic rings. The summed E-state index contributed by atoms with van der Waals surface area (Å²) in [5.74, 6) is 0.722. The lowest BCUT2D eigenvalue weighted by Crippen LogP contribution is -2.41.